The van der Waals surface area contributed by atoms with Crippen molar-refractivity contribution in [1.29, 1.82) is 0 Å². The van der Waals surface area contributed by atoms with Crippen LogP contribution in [-0.2, 0) is 19.6 Å². The van der Waals surface area contributed by atoms with E-state index in [2.05, 4.69) is 4.74 Å². The van der Waals surface area contributed by atoms with Gasteiger partial charge >= 0.3 is 12.1 Å². The van der Waals surface area contributed by atoms with Gasteiger partial charge in [0, 0.05) is 5.02 Å². The minimum atomic E-state index is -4.82. The topological polar surface area (TPSA) is 63.7 Å². The minimum absolute atomic E-state index is 0.0993. The number of alkyl halides is 3. The summed E-state index contributed by atoms with van der Waals surface area (Å²) in [6, 6.07) is 3.04. The number of carbonyl (C=O) groups excluding carboxylic acids is 1. The van der Waals surface area contributed by atoms with Crippen LogP contribution in [0, 0.1) is 0 Å². The molecule has 0 aliphatic rings. The molecule has 5 nitrogen and oxygen atoms in total. The van der Waals surface area contributed by atoms with Crippen molar-refractivity contribution in [3.8, 4) is 0 Å². The zero-order chi connectivity index (χ0) is 17.8. The predicted molar refractivity (Wildman–Crippen MR) is 77.5 cm³/mol. The third-order valence-corrected chi connectivity index (χ3v) is 5.08. The smallest absolute Gasteiger partial charge is 0.402 e. The van der Waals surface area contributed by atoms with Gasteiger partial charge in [0.15, 0.2) is 0 Å². The molecule has 1 atom stereocenters. The number of methoxy groups -OCH3 is 1. The summed E-state index contributed by atoms with van der Waals surface area (Å²) in [6.45, 7) is -0.409. The molecule has 0 saturated carbocycles. The van der Waals surface area contributed by atoms with E-state index in [-0.39, 0.29) is 15.7 Å². The molecular weight excluding hydrogens is 359 g/mol. The largest absolute Gasteiger partial charge is 0.468 e. The second kappa shape index (κ2) is 7.50. The van der Waals surface area contributed by atoms with Gasteiger partial charge in [-0.05, 0) is 30.7 Å². The Morgan fingerprint density at radius 1 is 1.30 bits per heavy atom. The van der Waals surface area contributed by atoms with Gasteiger partial charge in [0.05, 0.1) is 12.0 Å². The highest BCUT2D eigenvalue weighted by molar-refractivity contribution is 7.89. The molecule has 0 spiro atoms. The molecule has 0 unspecified atom stereocenters. The maximum atomic E-state index is 12.8. The Labute approximate surface area is 137 Å². The van der Waals surface area contributed by atoms with Crippen molar-refractivity contribution in [2.45, 2.75) is 30.5 Å². The summed E-state index contributed by atoms with van der Waals surface area (Å²) in [5.41, 5.74) is 0. The normalized spacial score (nSPS) is 13.9. The Balaban J connectivity index is 3.37. The van der Waals surface area contributed by atoms with Crippen LogP contribution < -0.4 is 0 Å². The predicted octanol–water partition coefficient (Wildman–Crippen LogP) is 2.84. The van der Waals surface area contributed by atoms with E-state index >= 15 is 0 Å². The maximum Gasteiger partial charge on any atom is 0.402 e. The van der Waals surface area contributed by atoms with Crippen LogP contribution >= 0.6 is 11.6 Å². The molecule has 0 radical (unpaired) electrons. The van der Waals surface area contributed by atoms with Crippen LogP contribution in [-0.4, -0.2) is 44.6 Å². The number of carbonyl (C=O) groups is 1. The van der Waals surface area contributed by atoms with E-state index < -0.39 is 39.7 Å². The monoisotopic (exact) mass is 373 g/mol. The summed E-state index contributed by atoms with van der Waals surface area (Å²) in [5, 5.41) is 0.228. The molecule has 0 fully saturated rings. The standard InChI is InChI=1S/C13H15ClF3NO4S/c1-3-11(12(19)22-2)18(8-13(15,16)17)23(20,21)10-6-4-9(14)5-7-10/h4-7,11H,3,8H2,1-2H3/t11-/m1/s1. The van der Waals surface area contributed by atoms with Gasteiger partial charge in [0.2, 0.25) is 10.0 Å². The summed E-state index contributed by atoms with van der Waals surface area (Å²) >= 11 is 5.65. The third kappa shape index (κ3) is 5.08. The summed E-state index contributed by atoms with van der Waals surface area (Å²) in [6.07, 6.45) is -4.99. The number of benzene rings is 1. The van der Waals surface area contributed by atoms with Crippen LogP contribution in [0.3, 0.4) is 0 Å². The van der Waals surface area contributed by atoms with E-state index in [1.807, 2.05) is 0 Å². The number of hydrogen-bond acceptors (Lipinski definition) is 4. The van der Waals surface area contributed by atoms with Gasteiger partial charge in [0.1, 0.15) is 12.6 Å². The van der Waals surface area contributed by atoms with Crippen LogP contribution in [0.25, 0.3) is 0 Å². The van der Waals surface area contributed by atoms with E-state index in [1.54, 1.807) is 0 Å². The summed E-state index contributed by atoms with van der Waals surface area (Å²) in [4.78, 5) is 11.3. The highest BCUT2D eigenvalue weighted by atomic mass is 35.5. The molecule has 10 heteroatoms. The summed E-state index contributed by atoms with van der Waals surface area (Å²) in [7, 11) is -3.59. The average Bonchev–Trinajstić information content (AvgIpc) is 2.45. The zero-order valence-electron chi connectivity index (χ0n) is 12.3. The van der Waals surface area contributed by atoms with Crippen LogP contribution in [0.1, 0.15) is 13.3 Å². The third-order valence-electron chi connectivity index (χ3n) is 2.96. The Hall–Kier alpha value is -1.32. The molecule has 0 aliphatic heterocycles. The molecule has 0 bridgehead atoms. The number of halogens is 4. The maximum absolute atomic E-state index is 12.8. The molecule has 0 aromatic heterocycles. The van der Waals surface area contributed by atoms with E-state index in [9.17, 15) is 26.4 Å². The first-order valence-electron chi connectivity index (χ1n) is 6.45. The van der Waals surface area contributed by atoms with Gasteiger partial charge in [-0.25, -0.2) is 8.42 Å². The van der Waals surface area contributed by atoms with Crippen molar-refractivity contribution in [3.63, 3.8) is 0 Å². The van der Waals surface area contributed by atoms with Gasteiger partial charge in [-0.2, -0.15) is 17.5 Å². The number of ether oxygens (including phenoxy) is 1. The van der Waals surface area contributed by atoms with Crippen molar-refractivity contribution in [2.24, 2.45) is 0 Å². The van der Waals surface area contributed by atoms with Crippen molar-refractivity contribution < 1.29 is 31.1 Å². The Morgan fingerprint density at radius 3 is 2.22 bits per heavy atom. The Bertz CT molecular complexity index is 646. The highest BCUT2D eigenvalue weighted by Crippen LogP contribution is 2.27. The van der Waals surface area contributed by atoms with Crippen LogP contribution in [0.5, 0.6) is 0 Å². The van der Waals surface area contributed by atoms with Crippen molar-refractivity contribution in [2.75, 3.05) is 13.7 Å². The first-order chi connectivity index (χ1) is 10.5. The van der Waals surface area contributed by atoms with Crippen LogP contribution in [0.2, 0.25) is 5.02 Å². The second-order valence-electron chi connectivity index (χ2n) is 4.57. The number of sulfonamides is 1. The SMILES string of the molecule is CC[C@H](C(=O)OC)N(CC(F)(F)F)S(=O)(=O)c1ccc(Cl)cc1. The second-order valence-corrected chi connectivity index (χ2v) is 6.89. The molecule has 130 valence electrons. The van der Waals surface area contributed by atoms with Crippen molar-refractivity contribution in [3.05, 3.63) is 29.3 Å². The molecule has 1 aromatic rings. The van der Waals surface area contributed by atoms with Gasteiger partial charge < -0.3 is 4.74 Å². The molecular formula is C13H15ClF3NO4S. The first-order valence-corrected chi connectivity index (χ1v) is 8.26. The van der Waals surface area contributed by atoms with Gasteiger partial charge in [-0.3, -0.25) is 4.79 Å². The molecule has 0 amide bonds. The van der Waals surface area contributed by atoms with E-state index in [0.29, 0.717) is 0 Å². The number of rotatable bonds is 6. The van der Waals surface area contributed by atoms with Gasteiger partial charge in [-0.15, -0.1) is 0 Å². The molecule has 0 aliphatic carbocycles. The quantitative estimate of drug-likeness (QED) is 0.719. The lowest BCUT2D eigenvalue weighted by atomic mass is 10.2. The highest BCUT2D eigenvalue weighted by Gasteiger charge is 2.43. The fraction of sp³-hybridized carbons (Fsp3) is 0.462. The number of nitrogens with zero attached hydrogens (tertiary/aromatic N) is 1. The molecule has 0 N–H and O–H groups in total. The zero-order valence-corrected chi connectivity index (χ0v) is 13.9. The van der Waals surface area contributed by atoms with Crippen molar-refractivity contribution in [1.82, 2.24) is 4.31 Å². The Kier molecular flexibility index (Phi) is 6.43. The average molecular weight is 374 g/mol. The minimum Gasteiger partial charge on any atom is -0.468 e. The summed E-state index contributed by atoms with van der Waals surface area (Å²) < 4.78 is 68.0. The molecule has 1 aromatic carbocycles. The Morgan fingerprint density at radius 2 is 1.83 bits per heavy atom. The fourth-order valence-electron chi connectivity index (χ4n) is 1.91. The van der Waals surface area contributed by atoms with E-state index in [1.165, 1.54) is 19.1 Å². The number of esters is 1. The molecule has 0 saturated heterocycles. The molecule has 0 heterocycles. The van der Waals surface area contributed by atoms with E-state index in [4.69, 9.17) is 11.6 Å². The van der Waals surface area contributed by atoms with Gasteiger partial charge in [0.25, 0.3) is 0 Å². The molecule has 1 rings (SSSR count). The summed E-state index contributed by atoms with van der Waals surface area (Å²) in [5.74, 6) is -1.06. The lowest BCUT2D eigenvalue weighted by Crippen LogP contribution is -2.49. The van der Waals surface area contributed by atoms with Gasteiger partial charge in [-0.1, -0.05) is 18.5 Å². The lowest BCUT2D eigenvalue weighted by Gasteiger charge is -2.29. The molecule has 23 heavy (non-hydrogen) atoms. The van der Waals surface area contributed by atoms with Crippen LogP contribution in [0.15, 0.2) is 29.2 Å². The first kappa shape index (κ1) is 19.7. The van der Waals surface area contributed by atoms with E-state index in [0.717, 1.165) is 19.2 Å². The van der Waals surface area contributed by atoms with Crippen LogP contribution in [0.4, 0.5) is 13.2 Å². The van der Waals surface area contributed by atoms with Crippen molar-refractivity contribution >= 4 is 27.6 Å². The number of hydrogen-bond donors (Lipinski definition) is 0. The fourth-order valence-corrected chi connectivity index (χ4v) is 3.67. The lowest BCUT2D eigenvalue weighted by molar-refractivity contribution is -0.154.